The molecule has 0 bridgehead atoms. The Morgan fingerprint density at radius 2 is 2.47 bits per heavy atom. The molecule has 2 heterocycles. The molecule has 0 amide bonds. The largest absolute Gasteiger partial charge is 0.375 e. The molecule has 1 unspecified atom stereocenters. The molecule has 1 aliphatic rings. The van der Waals surface area contributed by atoms with Gasteiger partial charge in [-0.1, -0.05) is 0 Å². The summed E-state index contributed by atoms with van der Waals surface area (Å²) in [4.78, 5) is 6.55. The summed E-state index contributed by atoms with van der Waals surface area (Å²) in [5, 5.41) is 4.27. The van der Waals surface area contributed by atoms with Crippen molar-refractivity contribution in [2.45, 2.75) is 26.5 Å². The van der Waals surface area contributed by atoms with Gasteiger partial charge in [-0.3, -0.25) is 0 Å². The molecule has 0 saturated carbocycles. The van der Waals surface area contributed by atoms with E-state index in [0.29, 0.717) is 12.5 Å². The fourth-order valence-corrected chi connectivity index (χ4v) is 2.69. The van der Waals surface area contributed by atoms with Crippen LogP contribution >= 0.6 is 11.3 Å². The molecule has 1 aliphatic heterocycles. The molecule has 1 saturated heterocycles. The number of aryl methyl sites for hydroxylation is 1. The van der Waals surface area contributed by atoms with Crippen LogP contribution in [0.25, 0.3) is 0 Å². The Morgan fingerprint density at radius 3 is 3.12 bits per heavy atom. The van der Waals surface area contributed by atoms with Crippen molar-refractivity contribution in [3.05, 3.63) is 21.9 Å². The van der Waals surface area contributed by atoms with Gasteiger partial charge in [0.05, 0.1) is 19.3 Å². The number of hydrogen-bond donors (Lipinski definition) is 1. The SMILES string of the molecule is Cc1cscc1CN=C(N)N1CCOC(C)C1. The Hall–Kier alpha value is -1.07. The number of thiophene rings is 1. The van der Waals surface area contributed by atoms with Gasteiger partial charge >= 0.3 is 0 Å². The second-order valence-electron chi connectivity index (χ2n) is 4.38. The van der Waals surface area contributed by atoms with Gasteiger partial charge < -0.3 is 15.4 Å². The number of hydrogen-bond acceptors (Lipinski definition) is 3. The van der Waals surface area contributed by atoms with Gasteiger partial charge in [0.2, 0.25) is 0 Å². The molecule has 94 valence electrons. The van der Waals surface area contributed by atoms with Crippen LogP contribution in [0.1, 0.15) is 18.1 Å². The molecule has 0 aromatic carbocycles. The van der Waals surface area contributed by atoms with Crippen molar-refractivity contribution in [1.29, 1.82) is 0 Å². The van der Waals surface area contributed by atoms with Crippen molar-refractivity contribution >= 4 is 17.3 Å². The van der Waals surface area contributed by atoms with E-state index in [1.54, 1.807) is 11.3 Å². The first kappa shape index (κ1) is 12.4. The minimum atomic E-state index is 0.236. The zero-order chi connectivity index (χ0) is 12.3. The molecule has 0 aliphatic carbocycles. The van der Waals surface area contributed by atoms with Crippen LogP contribution in [0.5, 0.6) is 0 Å². The lowest BCUT2D eigenvalue weighted by Gasteiger charge is -2.31. The van der Waals surface area contributed by atoms with E-state index in [4.69, 9.17) is 10.5 Å². The van der Waals surface area contributed by atoms with Crippen LogP contribution in [0.2, 0.25) is 0 Å². The maximum atomic E-state index is 6.00. The van der Waals surface area contributed by atoms with E-state index in [-0.39, 0.29) is 6.10 Å². The van der Waals surface area contributed by atoms with Gasteiger partial charge in [0.25, 0.3) is 0 Å². The molecule has 1 aromatic heterocycles. The summed E-state index contributed by atoms with van der Waals surface area (Å²) in [6.45, 7) is 7.23. The van der Waals surface area contributed by atoms with Gasteiger partial charge in [0.1, 0.15) is 0 Å². The summed E-state index contributed by atoms with van der Waals surface area (Å²) in [6.07, 6.45) is 0.236. The van der Waals surface area contributed by atoms with Crippen molar-refractivity contribution in [2.24, 2.45) is 10.7 Å². The fraction of sp³-hybridized carbons (Fsp3) is 0.583. The third kappa shape index (κ3) is 3.20. The average molecular weight is 253 g/mol. The Bertz CT molecular complexity index is 402. The van der Waals surface area contributed by atoms with E-state index >= 15 is 0 Å². The van der Waals surface area contributed by atoms with Crippen LogP contribution in [-0.4, -0.2) is 36.7 Å². The zero-order valence-corrected chi connectivity index (χ0v) is 11.2. The van der Waals surface area contributed by atoms with Crippen molar-refractivity contribution in [3.8, 4) is 0 Å². The predicted octanol–water partition coefficient (Wildman–Crippen LogP) is 1.59. The van der Waals surface area contributed by atoms with Gasteiger partial charge in [-0.25, -0.2) is 4.99 Å². The molecule has 1 atom stereocenters. The number of aliphatic imine (C=N–C) groups is 1. The van der Waals surface area contributed by atoms with E-state index < -0.39 is 0 Å². The minimum absolute atomic E-state index is 0.236. The first-order valence-corrected chi connectivity index (χ1v) is 6.79. The van der Waals surface area contributed by atoms with Gasteiger partial charge in [0.15, 0.2) is 5.96 Å². The molecular weight excluding hydrogens is 234 g/mol. The standard InChI is InChI=1S/C12H19N3OS/c1-9-7-17-8-11(9)5-14-12(13)15-3-4-16-10(2)6-15/h7-8,10H,3-6H2,1-2H3,(H2,13,14). The maximum absolute atomic E-state index is 6.00. The topological polar surface area (TPSA) is 50.8 Å². The van der Waals surface area contributed by atoms with Crippen LogP contribution < -0.4 is 5.73 Å². The first-order valence-electron chi connectivity index (χ1n) is 5.85. The molecule has 2 N–H and O–H groups in total. The van der Waals surface area contributed by atoms with Gasteiger partial charge in [-0.05, 0) is 35.7 Å². The number of morpholine rings is 1. The van der Waals surface area contributed by atoms with Crippen LogP contribution in [0, 0.1) is 6.92 Å². The Kier molecular flexibility index (Phi) is 4.02. The van der Waals surface area contributed by atoms with Crippen molar-refractivity contribution in [2.75, 3.05) is 19.7 Å². The highest BCUT2D eigenvalue weighted by Crippen LogP contribution is 2.14. The van der Waals surface area contributed by atoms with Gasteiger partial charge in [-0.2, -0.15) is 11.3 Å². The number of ether oxygens (including phenoxy) is 1. The van der Waals surface area contributed by atoms with Gasteiger partial charge in [-0.15, -0.1) is 0 Å². The second-order valence-corrected chi connectivity index (χ2v) is 5.13. The lowest BCUT2D eigenvalue weighted by atomic mass is 10.2. The van der Waals surface area contributed by atoms with Crippen molar-refractivity contribution in [1.82, 2.24) is 4.90 Å². The van der Waals surface area contributed by atoms with Crippen LogP contribution in [-0.2, 0) is 11.3 Å². The Morgan fingerprint density at radius 1 is 1.65 bits per heavy atom. The summed E-state index contributed by atoms with van der Waals surface area (Å²) in [6, 6.07) is 0. The van der Waals surface area contributed by atoms with Gasteiger partial charge in [0, 0.05) is 13.1 Å². The number of rotatable bonds is 2. The van der Waals surface area contributed by atoms with Crippen molar-refractivity contribution in [3.63, 3.8) is 0 Å². The average Bonchev–Trinajstić information content (AvgIpc) is 2.72. The summed E-state index contributed by atoms with van der Waals surface area (Å²) in [5.74, 6) is 0.630. The normalized spacial score (nSPS) is 21.9. The lowest BCUT2D eigenvalue weighted by Crippen LogP contribution is -2.47. The first-order chi connectivity index (χ1) is 8.16. The van der Waals surface area contributed by atoms with E-state index in [1.165, 1.54) is 11.1 Å². The molecule has 0 radical (unpaired) electrons. The molecule has 17 heavy (non-hydrogen) atoms. The molecule has 2 rings (SSSR count). The quantitative estimate of drug-likeness (QED) is 0.643. The maximum Gasteiger partial charge on any atom is 0.191 e. The lowest BCUT2D eigenvalue weighted by molar-refractivity contribution is 0.00529. The number of nitrogens with zero attached hydrogens (tertiary/aromatic N) is 2. The minimum Gasteiger partial charge on any atom is -0.375 e. The molecule has 0 spiro atoms. The third-order valence-corrected chi connectivity index (χ3v) is 3.85. The molecular formula is C12H19N3OS. The summed E-state index contributed by atoms with van der Waals surface area (Å²) in [7, 11) is 0. The Labute approximate surface area is 106 Å². The monoisotopic (exact) mass is 253 g/mol. The highest BCUT2D eigenvalue weighted by Gasteiger charge is 2.17. The third-order valence-electron chi connectivity index (χ3n) is 2.94. The van der Waals surface area contributed by atoms with Crippen LogP contribution in [0.15, 0.2) is 15.8 Å². The predicted molar refractivity (Wildman–Crippen MR) is 71.4 cm³/mol. The van der Waals surface area contributed by atoms with E-state index in [0.717, 1.165) is 19.7 Å². The zero-order valence-electron chi connectivity index (χ0n) is 10.3. The molecule has 1 aromatic rings. The molecule has 1 fully saturated rings. The second kappa shape index (κ2) is 5.51. The summed E-state index contributed by atoms with van der Waals surface area (Å²) >= 11 is 1.71. The summed E-state index contributed by atoms with van der Waals surface area (Å²) in [5.41, 5.74) is 8.56. The highest BCUT2D eigenvalue weighted by atomic mass is 32.1. The van der Waals surface area contributed by atoms with E-state index in [1.807, 2.05) is 0 Å². The molecule has 5 heteroatoms. The van der Waals surface area contributed by atoms with Crippen LogP contribution in [0.3, 0.4) is 0 Å². The van der Waals surface area contributed by atoms with E-state index in [9.17, 15) is 0 Å². The number of nitrogens with two attached hydrogens (primary N) is 1. The van der Waals surface area contributed by atoms with Crippen LogP contribution in [0.4, 0.5) is 0 Å². The fourth-order valence-electron chi connectivity index (χ4n) is 1.84. The molecule has 4 nitrogen and oxygen atoms in total. The van der Waals surface area contributed by atoms with Crippen molar-refractivity contribution < 1.29 is 4.74 Å². The summed E-state index contributed by atoms with van der Waals surface area (Å²) < 4.78 is 5.48. The van der Waals surface area contributed by atoms with E-state index in [2.05, 4.69) is 34.5 Å². The smallest absolute Gasteiger partial charge is 0.191 e. The highest BCUT2D eigenvalue weighted by molar-refractivity contribution is 7.08. The number of guanidine groups is 1. The Balaban J connectivity index is 1.95.